The van der Waals surface area contributed by atoms with Crippen LogP contribution in [0.2, 0.25) is 0 Å². The van der Waals surface area contributed by atoms with Gasteiger partial charge >= 0.3 is 11.8 Å². The third-order valence-corrected chi connectivity index (χ3v) is 3.87. The van der Waals surface area contributed by atoms with Crippen LogP contribution in [0.3, 0.4) is 0 Å². The molecule has 0 saturated carbocycles. The summed E-state index contributed by atoms with van der Waals surface area (Å²) in [6, 6.07) is 7.21. The maximum absolute atomic E-state index is 12.0. The van der Waals surface area contributed by atoms with Crippen LogP contribution >= 0.6 is 11.3 Å². The van der Waals surface area contributed by atoms with Crippen LogP contribution in [0, 0.1) is 10.1 Å². The molecule has 0 saturated heterocycles. The van der Waals surface area contributed by atoms with E-state index < -0.39 is 22.8 Å². The number of benzene rings is 1. The molecule has 0 aliphatic heterocycles. The zero-order chi connectivity index (χ0) is 16.8. The van der Waals surface area contributed by atoms with Gasteiger partial charge in [-0.15, -0.1) is 0 Å². The SMILES string of the molecule is CC[C@H](NC(=O)C(=O)Nc1ccsc1)c1cccc([N+](=O)[O-])c1. The van der Waals surface area contributed by atoms with E-state index in [4.69, 9.17) is 0 Å². The Labute approximate surface area is 136 Å². The Morgan fingerprint density at radius 2 is 2.09 bits per heavy atom. The molecule has 0 aliphatic carbocycles. The average molecular weight is 333 g/mol. The Kier molecular flexibility index (Phi) is 5.42. The molecule has 2 aromatic rings. The molecule has 0 aliphatic rings. The number of non-ortho nitro benzene ring substituents is 1. The Bertz CT molecular complexity index is 715. The van der Waals surface area contributed by atoms with E-state index in [1.54, 1.807) is 29.0 Å². The zero-order valence-corrected chi connectivity index (χ0v) is 13.1. The number of amides is 2. The highest BCUT2D eigenvalue weighted by molar-refractivity contribution is 7.08. The van der Waals surface area contributed by atoms with Crippen LogP contribution in [-0.4, -0.2) is 16.7 Å². The largest absolute Gasteiger partial charge is 0.341 e. The number of hydrogen-bond donors (Lipinski definition) is 2. The van der Waals surface area contributed by atoms with Gasteiger partial charge < -0.3 is 10.6 Å². The van der Waals surface area contributed by atoms with Crippen molar-refractivity contribution in [1.82, 2.24) is 5.32 Å². The van der Waals surface area contributed by atoms with Crippen molar-refractivity contribution in [1.29, 1.82) is 0 Å². The Hall–Kier alpha value is -2.74. The summed E-state index contributed by atoms with van der Waals surface area (Å²) in [6.07, 6.45) is 0.499. The lowest BCUT2D eigenvalue weighted by Crippen LogP contribution is -2.37. The second-order valence-corrected chi connectivity index (χ2v) is 5.53. The summed E-state index contributed by atoms with van der Waals surface area (Å²) in [5.74, 6) is -1.55. The molecule has 0 bridgehead atoms. The van der Waals surface area contributed by atoms with Crippen molar-refractivity contribution in [3.63, 3.8) is 0 Å². The van der Waals surface area contributed by atoms with Crippen molar-refractivity contribution in [3.05, 3.63) is 56.8 Å². The van der Waals surface area contributed by atoms with E-state index in [0.717, 1.165) is 0 Å². The molecule has 2 rings (SSSR count). The summed E-state index contributed by atoms with van der Waals surface area (Å²) in [5, 5.41) is 19.4. The Morgan fingerprint density at radius 3 is 2.70 bits per heavy atom. The van der Waals surface area contributed by atoms with Crippen LogP contribution in [0.5, 0.6) is 0 Å². The number of nitrogens with zero attached hydrogens (tertiary/aromatic N) is 1. The minimum atomic E-state index is -0.783. The van der Waals surface area contributed by atoms with Gasteiger partial charge in [0, 0.05) is 17.5 Å². The molecule has 1 heterocycles. The van der Waals surface area contributed by atoms with Gasteiger partial charge in [-0.2, -0.15) is 11.3 Å². The van der Waals surface area contributed by atoms with Crippen LogP contribution in [-0.2, 0) is 9.59 Å². The van der Waals surface area contributed by atoms with Crippen LogP contribution in [0.4, 0.5) is 11.4 Å². The molecule has 2 amide bonds. The predicted octanol–water partition coefficient (Wildman–Crippen LogP) is 2.86. The van der Waals surface area contributed by atoms with Gasteiger partial charge in [0.2, 0.25) is 0 Å². The number of carbonyl (C=O) groups is 2. The lowest BCUT2D eigenvalue weighted by Gasteiger charge is -2.16. The second kappa shape index (κ2) is 7.50. The summed E-state index contributed by atoms with van der Waals surface area (Å²) in [4.78, 5) is 34.1. The van der Waals surface area contributed by atoms with Crippen molar-refractivity contribution in [2.75, 3.05) is 5.32 Å². The monoisotopic (exact) mass is 333 g/mol. The van der Waals surface area contributed by atoms with Gasteiger partial charge in [0.05, 0.1) is 16.7 Å². The first-order chi connectivity index (χ1) is 11.0. The first-order valence-corrected chi connectivity index (χ1v) is 7.84. The standard InChI is InChI=1S/C15H15N3O4S/c1-2-13(10-4-3-5-12(8-10)18(21)22)17-15(20)14(19)16-11-6-7-23-9-11/h3-9,13H,2H2,1H3,(H,16,19)(H,17,20)/t13-/m0/s1. The number of nitro benzene ring substituents is 1. The van der Waals surface area contributed by atoms with Gasteiger partial charge in [0.15, 0.2) is 0 Å². The molecule has 0 unspecified atom stereocenters. The molecule has 1 aromatic carbocycles. The molecular weight excluding hydrogens is 318 g/mol. The number of nitrogens with one attached hydrogen (secondary N) is 2. The number of anilines is 1. The van der Waals surface area contributed by atoms with E-state index in [9.17, 15) is 19.7 Å². The topological polar surface area (TPSA) is 101 Å². The maximum Gasteiger partial charge on any atom is 0.313 e. The lowest BCUT2D eigenvalue weighted by atomic mass is 10.0. The highest BCUT2D eigenvalue weighted by Gasteiger charge is 2.20. The van der Waals surface area contributed by atoms with E-state index in [-0.39, 0.29) is 5.69 Å². The fourth-order valence-electron chi connectivity index (χ4n) is 2.02. The predicted molar refractivity (Wildman–Crippen MR) is 87.2 cm³/mol. The summed E-state index contributed by atoms with van der Waals surface area (Å²) >= 11 is 1.40. The molecule has 0 spiro atoms. The van der Waals surface area contributed by atoms with Gasteiger partial charge in [0.25, 0.3) is 5.69 Å². The third-order valence-electron chi connectivity index (χ3n) is 3.18. The number of carbonyl (C=O) groups excluding carboxylic acids is 2. The first kappa shape index (κ1) is 16.6. The van der Waals surface area contributed by atoms with E-state index >= 15 is 0 Å². The highest BCUT2D eigenvalue weighted by Crippen LogP contribution is 2.21. The van der Waals surface area contributed by atoms with Gasteiger partial charge in [0.1, 0.15) is 0 Å². The fourth-order valence-corrected chi connectivity index (χ4v) is 2.61. The number of hydrogen-bond acceptors (Lipinski definition) is 5. The molecule has 0 radical (unpaired) electrons. The maximum atomic E-state index is 12.0. The summed E-state index contributed by atoms with van der Waals surface area (Å²) in [6.45, 7) is 1.82. The smallest absolute Gasteiger partial charge is 0.313 e. The summed E-state index contributed by atoms with van der Waals surface area (Å²) in [7, 11) is 0. The molecule has 8 heteroatoms. The molecule has 23 heavy (non-hydrogen) atoms. The molecule has 1 aromatic heterocycles. The average Bonchev–Trinajstić information content (AvgIpc) is 3.05. The summed E-state index contributed by atoms with van der Waals surface area (Å²) in [5.41, 5.74) is 1.08. The quantitative estimate of drug-likeness (QED) is 0.499. The van der Waals surface area contributed by atoms with Crippen LogP contribution in [0.15, 0.2) is 41.1 Å². The molecule has 2 N–H and O–H groups in total. The second-order valence-electron chi connectivity index (χ2n) is 4.75. The van der Waals surface area contributed by atoms with Gasteiger partial charge in [-0.05, 0) is 23.4 Å². The molecule has 7 nitrogen and oxygen atoms in total. The number of rotatable bonds is 5. The van der Waals surface area contributed by atoms with Gasteiger partial charge in [-0.3, -0.25) is 19.7 Å². The molecule has 120 valence electrons. The van der Waals surface area contributed by atoms with Crippen molar-refractivity contribution in [2.45, 2.75) is 19.4 Å². The minimum absolute atomic E-state index is 0.0575. The lowest BCUT2D eigenvalue weighted by molar-refractivity contribution is -0.384. The van der Waals surface area contributed by atoms with Crippen LogP contribution in [0.1, 0.15) is 24.9 Å². The summed E-state index contributed by atoms with van der Waals surface area (Å²) < 4.78 is 0. The third kappa shape index (κ3) is 4.36. The van der Waals surface area contributed by atoms with Crippen molar-refractivity contribution < 1.29 is 14.5 Å². The van der Waals surface area contributed by atoms with E-state index in [2.05, 4.69) is 10.6 Å². The molecule has 1 atom stereocenters. The van der Waals surface area contributed by atoms with Crippen LogP contribution in [0.25, 0.3) is 0 Å². The van der Waals surface area contributed by atoms with Gasteiger partial charge in [-0.1, -0.05) is 19.1 Å². The van der Waals surface area contributed by atoms with Crippen molar-refractivity contribution in [2.24, 2.45) is 0 Å². The molecule has 0 fully saturated rings. The van der Waals surface area contributed by atoms with E-state index in [1.807, 2.05) is 6.92 Å². The highest BCUT2D eigenvalue weighted by atomic mass is 32.1. The number of thiophene rings is 1. The first-order valence-electron chi connectivity index (χ1n) is 6.89. The Morgan fingerprint density at radius 1 is 1.30 bits per heavy atom. The fraction of sp³-hybridized carbons (Fsp3) is 0.200. The van der Waals surface area contributed by atoms with Crippen molar-refractivity contribution in [3.8, 4) is 0 Å². The Balaban J connectivity index is 2.06. The van der Waals surface area contributed by atoms with Gasteiger partial charge in [-0.25, -0.2) is 0 Å². The zero-order valence-electron chi connectivity index (χ0n) is 12.3. The van der Waals surface area contributed by atoms with Crippen LogP contribution < -0.4 is 10.6 Å². The van der Waals surface area contributed by atoms with E-state index in [0.29, 0.717) is 17.7 Å². The minimum Gasteiger partial charge on any atom is -0.341 e. The number of nitro groups is 1. The molecular formula is C15H15N3O4S. The normalized spacial score (nSPS) is 11.5. The van der Waals surface area contributed by atoms with Crippen molar-refractivity contribution >= 4 is 34.5 Å². The van der Waals surface area contributed by atoms with E-state index in [1.165, 1.54) is 23.5 Å².